The molecule has 0 fully saturated rings. The first kappa shape index (κ1) is 19.7. The standard InChI is InChI=1S/C21H21ClFNO2S/c1-2-25-20-10-16(12-24-13-18-4-3-9-27-18)19(22)11-21(20)26-14-15-5-7-17(23)8-6-15/h3-11,24H,2,12-14H2,1H3. The van der Waals surface area contributed by atoms with Crippen LogP contribution in [0.25, 0.3) is 0 Å². The van der Waals surface area contributed by atoms with E-state index in [1.807, 2.05) is 19.1 Å². The number of halogens is 2. The molecule has 6 heteroatoms. The molecule has 0 saturated heterocycles. The predicted molar refractivity (Wildman–Crippen MR) is 108 cm³/mol. The van der Waals surface area contributed by atoms with E-state index in [4.69, 9.17) is 21.1 Å². The Kier molecular flexibility index (Phi) is 7.10. The van der Waals surface area contributed by atoms with Crippen LogP contribution < -0.4 is 14.8 Å². The Balaban J connectivity index is 1.67. The predicted octanol–water partition coefficient (Wildman–Crippen LogP) is 5.81. The van der Waals surface area contributed by atoms with Crippen molar-refractivity contribution < 1.29 is 13.9 Å². The zero-order valence-electron chi connectivity index (χ0n) is 15.0. The highest BCUT2D eigenvalue weighted by molar-refractivity contribution is 7.09. The van der Waals surface area contributed by atoms with E-state index >= 15 is 0 Å². The van der Waals surface area contributed by atoms with Gasteiger partial charge >= 0.3 is 0 Å². The second-order valence-corrected chi connectivity index (χ2v) is 7.36. The second kappa shape index (κ2) is 9.74. The van der Waals surface area contributed by atoms with Crippen LogP contribution in [0.1, 0.15) is 22.9 Å². The summed E-state index contributed by atoms with van der Waals surface area (Å²) in [6.45, 7) is 4.19. The molecule has 0 aliphatic carbocycles. The molecule has 0 amide bonds. The highest BCUT2D eigenvalue weighted by Crippen LogP contribution is 2.34. The minimum Gasteiger partial charge on any atom is -0.490 e. The van der Waals surface area contributed by atoms with E-state index in [1.165, 1.54) is 17.0 Å². The maximum absolute atomic E-state index is 13.0. The number of hydrogen-bond acceptors (Lipinski definition) is 4. The van der Waals surface area contributed by atoms with Crippen molar-refractivity contribution in [1.29, 1.82) is 0 Å². The number of hydrogen-bond donors (Lipinski definition) is 1. The van der Waals surface area contributed by atoms with Crippen LogP contribution in [0, 0.1) is 5.82 Å². The lowest BCUT2D eigenvalue weighted by atomic mass is 10.2. The Morgan fingerprint density at radius 3 is 2.52 bits per heavy atom. The Morgan fingerprint density at radius 2 is 1.81 bits per heavy atom. The summed E-state index contributed by atoms with van der Waals surface area (Å²) in [5.74, 6) is 0.960. The average molecular weight is 406 g/mol. The number of ether oxygens (including phenoxy) is 2. The van der Waals surface area contributed by atoms with Gasteiger partial charge in [0.25, 0.3) is 0 Å². The van der Waals surface area contributed by atoms with Gasteiger partial charge in [-0.2, -0.15) is 0 Å². The molecule has 0 bridgehead atoms. The van der Waals surface area contributed by atoms with Gasteiger partial charge in [-0.25, -0.2) is 4.39 Å². The minimum absolute atomic E-state index is 0.267. The third-order valence-electron chi connectivity index (χ3n) is 3.91. The van der Waals surface area contributed by atoms with Crippen LogP contribution >= 0.6 is 22.9 Å². The number of nitrogens with one attached hydrogen (secondary N) is 1. The number of rotatable bonds is 9. The molecule has 142 valence electrons. The minimum atomic E-state index is -0.267. The fourth-order valence-electron chi connectivity index (χ4n) is 2.57. The molecule has 0 saturated carbocycles. The smallest absolute Gasteiger partial charge is 0.163 e. The van der Waals surface area contributed by atoms with E-state index in [2.05, 4.69) is 16.8 Å². The first-order chi connectivity index (χ1) is 13.2. The fourth-order valence-corrected chi connectivity index (χ4v) is 3.46. The van der Waals surface area contributed by atoms with E-state index in [0.717, 1.165) is 17.7 Å². The maximum atomic E-state index is 13.0. The van der Waals surface area contributed by atoms with Crippen molar-refractivity contribution >= 4 is 22.9 Å². The molecule has 0 radical (unpaired) electrons. The van der Waals surface area contributed by atoms with Crippen molar-refractivity contribution in [2.75, 3.05) is 6.61 Å². The van der Waals surface area contributed by atoms with Crippen LogP contribution in [-0.2, 0) is 19.7 Å². The molecule has 3 rings (SSSR count). The number of thiophene rings is 1. The molecule has 0 unspecified atom stereocenters. The summed E-state index contributed by atoms with van der Waals surface area (Å²) in [5, 5.41) is 6.07. The number of benzene rings is 2. The quantitative estimate of drug-likeness (QED) is 0.487. The Morgan fingerprint density at radius 1 is 1.04 bits per heavy atom. The molecular weight excluding hydrogens is 385 g/mol. The fraction of sp³-hybridized carbons (Fsp3) is 0.238. The van der Waals surface area contributed by atoms with Crippen LogP contribution in [0.4, 0.5) is 4.39 Å². The summed E-state index contributed by atoms with van der Waals surface area (Å²) < 4.78 is 24.6. The van der Waals surface area contributed by atoms with Gasteiger partial charge < -0.3 is 14.8 Å². The van der Waals surface area contributed by atoms with Gasteiger partial charge in [0.05, 0.1) is 6.61 Å². The van der Waals surface area contributed by atoms with Gasteiger partial charge in [0.1, 0.15) is 12.4 Å². The topological polar surface area (TPSA) is 30.5 Å². The normalized spacial score (nSPS) is 10.8. The molecule has 2 aromatic carbocycles. The van der Waals surface area contributed by atoms with Gasteiger partial charge in [-0.15, -0.1) is 11.3 Å². The molecule has 3 nitrogen and oxygen atoms in total. The van der Waals surface area contributed by atoms with E-state index in [1.54, 1.807) is 29.5 Å². The first-order valence-corrected chi connectivity index (χ1v) is 9.97. The summed E-state index contributed by atoms with van der Waals surface area (Å²) in [6, 6.07) is 14.0. The highest BCUT2D eigenvalue weighted by atomic mass is 35.5. The van der Waals surface area contributed by atoms with Crippen LogP contribution in [0.3, 0.4) is 0 Å². The van der Waals surface area contributed by atoms with E-state index < -0.39 is 0 Å². The summed E-state index contributed by atoms with van der Waals surface area (Å²) in [7, 11) is 0. The highest BCUT2D eigenvalue weighted by Gasteiger charge is 2.12. The summed E-state index contributed by atoms with van der Waals surface area (Å²) in [5.41, 5.74) is 1.82. The molecule has 27 heavy (non-hydrogen) atoms. The van der Waals surface area contributed by atoms with Gasteiger partial charge in [-0.1, -0.05) is 29.8 Å². The summed E-state index contributed by atoms with van der Waals surface area (Å²) in [4.78, 5) is 1.27. The van der Waals surface area contributed by atoms with Crippen molar-refractivity contribution in [2.24, 2.45) is 0 Å². The molecular formula is C21H21ClFNO2S. The third kappa shape index (κ3) is 5.70. The largest absolute Gasteiger partial charge is 0.490 e. The van der Waals surface area contributed by atoms with E-state index in [0.29, 0.717) is 36.3 Å². The second-order valence-electron chi connectivity index (χ2n) is 5.92. The molecule has 1 N–H and O–H groups in total. The maximum Gasteiger partial charge on any atom is 0.163 e. The molecule has 0 aliphatic rings. The van der Waals surface area contributed by atoms with Crippen molar-refractivity contribution in [1.82, 2.24) is 5.32 Å². The Bertz CT molecular complexity index is 853. The Labute approximate surface area is 167 Å². The average Bonchev–Trinajstić information content (AvgIpc) is 3.18. The lowest BCUT2D eigenvalue weighted by Crippen LogP contribution is -2.12. The molecule has 0 atom stereocenters. The van der Waals surface area contributed by atoms with E-state index in [9.17, 15) is 4.39 Å². The molecule has 0 spiro atoms. The van der Waals surface area contributed by atoms with Crippen LogP contribution in [0.15, 0.2) is 53.9 Å². The van der Waals surface area contributed by atoms with E-state index in [-0.39, 0.29) is 5.82 Å². The molecule has 1 aromatic heterocycles. The lowest BCUT2D eigenvalue weighted by molar-refractivity contribution is 0.269. The van der Waals surface area contributed by atoms with Gasteiger partial charge in [0, 0.05) is 29.1 Å². The molecule has 0 aliphatic heterocycles. The first-order valence-electron chi connectivity index (χ1n) is 8.71. The van der Waals surface area contributed by atoms with Gasteiger partial charge in [-0.3, -0.25) is 0 Å². The van der Waals surface area contributed by atoms with Crippen LogP contribution in [-0.4, -0.2) is 6.61 Å². The lowest BCUT2D eigenvalue weighted by Gasteiger charge is -2.15. The molecule has 1 heterocycles. The van der Waals surface area contributed by atoms with Crippen molar-refractivity contribution in [3.63, 3.8) is 0 Å². The van der Waals surface area contributed by atoms with Crippen molar-refractivity contribution in [2.45, 2.75) is 26.6 Å². The molecule has 3 aromatic rings. The van der Waals surface area contributed by atoms with Crippen molar-refractivity contribution in [3.8, 4) is 11.5 Å². The monoisotopic (exact) mass is 405 g/mol. The third-order valence-corrected chi connectivity index (χ3v) is 5.14. The zero-order chi connectivity index (χ0) is 19.1. The van der Waals surface area contributed by atoms with Crippen LogP contribution in [0.5, 0.6) is 11.5 Å². The van der Waals surface area contributed by atoms with Gasteiger partial charge in [0.15, 0.2) is 11.5 Å². The van der Waals surface area contributed by atoms with Crippen molar-refractivity contribution in [3.05, 3.63) is 80.8 Å². The SMILES string of the molecule is CCOc1cc(CNCc2cccs2)c(Cl)cc1OCc1ccc(F)cc1. The summed E-state index contributed by atoms with van der Waals surface area (Å²) >= 11 is 8.16. The summed E-state index contributed by atoms with van der Waals surface area (Å²) in [6.07, 6.45) is 0. The Hall–Kier alpha value is -2.08. The zero-order valence-corrected chi connectivity index (χ0v) is 16.6. The van der Waals surface area contributed by atoms with Crippen LogP contribution in [0.2, 0.25) is 5.02 Å². The van der Waals surface area contributed by atoms with Gasteiger partial charge in [-0.05, 0) is 47.7 Å². The van der Waals surface area contributed by atoms with Gasteiger partial charge in [0.2, 0.25) is 0 Å².